The van der Waals surface area contributed by atoms with Gasteiger partial charge in [0.1, 0.15) is 0 Å². The van der Waals surface area contributed by atoms with E-state index >= 15 is 0 Å². The lowest BCUT2D eigenvalue weighted by Crippen LogP contribution is -2.44. The van der Waals surface area contributed by atoms with E-state index in [0.717, 1.165) is 12.8 Å². The summed E-state index contributed by atoms with van der Waals surface area (Å²) in [5.74, 6) is -0.175. The highest BCUT2D eigenvalue weighted by Gasteiger charge is 2.32. The van der Waals surface area contributed by atoms with Gasteiger partial charge in [-0.25, -0.2) is 0 Å². The first-order valence-electron chi connectivity index (χ1n) is 5.89. The van der Waals surface area contributed by atoms with Crippen LogP contribution >= 0.6 is 0 Å². The molecule has 0 aromatic carbocycles. The van der Waals surface area contributed by atoms with E-state index < -0.39 is 6.10 Å². The number of rotatable bonds is 6. The number of carbonyl (C=O) groups is 1. The number of carbonyl (C=O) groups excluding carboxylic acids is 1. The molecule has 1 aliphatic heterocycles. The largest absolute Gasteiger partial charge is 0.391 e. The third kappa shape index (κ3) is 3.73. The first-order valence-corrected chi connectivity index (χ1v) is 5.89. The lowest BCUT2D eigenvalue weighted by Gasteiger charge is -2.17. The molecule has 1 rings (SSSR count). The molecule has 1 fully saturated rings. The molecule has 1 aliphatic rings. The Hall–Kier alpha value is -0.650. The Morgan fingerprint density at radius 3 is 2.94 bits per heavy atom. The van der Waals surface area contributed by atoms with Crippen molar-refractivity contribution in [2.24, 2.45) is 5.92 Å². The van der Waals surface area contributed by atoms with Crippen LogP contribution in [0.15, 0.2) is 0 Å². The Labute approximate surface area is 96.6 Å². The van der Waals surface area contributed by atoms with Crippen LogP contribution in [-0.2, 0) is 9.53 Å². The summed E-state index contributed by atoms with van der Waals surface area (Å²) in [7, 11) is 1.82. The molecule has 0 radical (unpaired) electrons. The van der Waals surface area contributed by atoms with Crippen molar-refractivity contribution in [2.75, 3.05) is 26.8 Å². The minimum absolute atomic E-state index is 0.0352. The second kappa shape index (κ2) is 6.83. The molecule has 3 atom stereocenters. The van der Waals surface area contributed by atoms with Crippen molar-refractivity contribution >= 4 is 5.91 Å². The second-order valence-electron chi connectivity index (χ2n) is 4.23. The van der Waals surface area contributed by atoms with Crippen LogP contribution in [-0.4, -0.2) is 50.0 Å². The Bertz CT molecular complexity index is 223. The van der Waals surface area contributed by atoms with Gasteiger partial charge in [-0.05, 0) is 13.5 Å². The lowest BCUT2D eigenvalue weighted by atomic mass is 10.0. The molecule has 16 heavy (non-hydrogen) atoms. The Morgan fingerprint density at radius 2 is 2.31 bits per heavy atom. The van der Waals surface area contributed by atoms with Crippen LogP contribution in [0.25, 0.3) is 0 Å². The Kier molecular flexibility index (Phi) is 5.73. The zero-order valence-corrected chi connectivity index (χ0v) is 10.0. The predicted octanol–water partition coefficient (Wildman–Crippen LogP) is -0.502. The number of ether oxygens (including phenoxy) is 1. The molecule has 0 aromatic rings. The number of nitrogens with one attached hydrogen (secondary N) is 2. The zero-order chi connectivity index (χ0) is 12.0. The van der Waals surface area contributed by atoms with E-state index in [1.165, 1.54) is 0 Å². The number of amides is 1. The van der Waals surface area contributed by atoms with Gasteiger partial charge in [-0.15, -0.1) is 0 Å². The average molecular weight is 230 g/mol. The van der Waals surface area contributed by atoms with Gasteiger partial charge in [-0.1, -0.05) is 13.3 Å². The van der Waals surface area contributed by atoms with Gasteiger partial charge >= 0.3 is 0 Å². The molecule has 1 saturated heterocycles. The molecule has 0 saturated carbocycles. The maximum atomic E-state index is 11.8. The summed E-state index contributed by atoms with van der Waals surface area (Å²) in [5, 5.41) is 15.3. The van der Waals surface area contributed by atoms with E-state index in [-0.39, 0.29) is 17.9 Å². The molecular formula is C11H22N2O3. The van der Waals surface area contributed by atoms with Gasteiger partial charge in [0.25, 0.3) is 0 Å². The van der Waals surface area contributed by atoms with Crippen molar-refractivity contribution in [2.45, 2.75) is 31.9 Å². The van der Waals surface area contributed by atoms with Gasteiger partial charge < -0.3 is 20.5 Å². The number of hydrogen-bond acceptors (Lipinski definition) is 4. The Balaban J connectivity index is 2.29. The average Bonchev–Trinajstić information content (AvgIpc) is 2.74. The minimum Gasteiger partial charge on any atom is -0.391 e. The predicted molar refractivity (Wildman–Crippen MR) is 61.1 cm³/mol. The SMILES string of the molecule is CCCC(O)CNC(=O)C1COCC1NC. The molecule has 0 aliphatic carbocycles. The standard InChI is InChI=1S/C11H22N2O3/c1-3-4-8(14)5-13-11(15)9-6-16-7-10(9)12-2/h8-10,12,14H,3-7H2,1-2H3,(H,13,15). The van der Waals surface area contributed by atoms with E-state index in [9.17, 15) is 9.90 Å². The van der Waals surface area contributed by atoms with E-state index in [1.807, 2.05) is 14.0 Å². The van der Waals surface area contributed by atoms with Crippen LogP contribution in [0.1, 0.15) is 19.8 Å². The van der Waals surface area contributed by atoms with Crippen molar-refractivity contribution in [3.63, 3.8) is 0 Å². The first kappa shape index (κ1) is 13.4. The smallest absolute Gasteiger partial charge is 0.227 e. The van der Waals surface area contributed by atoms with Crippen LogP contribution < -0.4 is 10.6 Å². The molecule has 94 valence electrons. The first-order chi connectivity index (χ1) is 7.69. The summed E-state index contributed by atoms with van der Waals surface area (Å²) in [4.78, 5) is 11.8. The van der Waals surface area contributed by atoms with Gasteiger partial charge in [0.2, 0.25) is 5.91 Å². The second-order valence-corrected chi connectivity index (χ2v) is 4.23. The van der Waals surface area contributed by atoms with Gasteiger partial charge in [0.05, 0.1) is 25.2 Å². The van der Waals surface area contributed by atoms with Crippen molar-refractivity contribution in [3.05, 3.63) is 0 Å². The minimum atomic E-state index is -0.440. The molecule has 1 heterocycles. The van der Waals surface area contributed by atoms with Crippen molar-refractivity contribution < 1.29 is 14.6 Å². The van der Waals surface area contributed by atoms with Gasteiger partial charge in [0, 0.05) is 12.6 Å². The fraction of sp³-hybridized carbons (Fsp3) is 0.909. The highest BCUT2D eigenvalue weighted by Crippen LogP contribution is 2.13. The number of hydrogen-bond donors (Lipinski definition) is 3. The van der Waals surface area contributed by atoms with E-state index in [1.54, 1.807) is 0 Å². The monoisotopic (exact) mass is 230 g/mol. The third-order valence-electron chi connectivity index (χ3n) is 2.92. The summed E-state index contributed by atoms with van der Waals surface area (Å²) in [6.07, 6.45) is 1.20. The normalized spacial score (nSPS) is 26.7. The number of likely N-dealkylation sites (N-methyl/N-ethyl adjacent to an activating group) is 1. The maximum absolute atomic E-state index is 11.8. The fourth-order valence-corrected chi connectivity index (χ4v) is 1.88. The van der Waals surface area contributed by atoms with E-state index in [0.29, 0.717) is 19.8 Å². The van der Waals surface area contributed by atoms with E-state index in [4.69, 9.17) is 4.74 Å². The van der Waals surface area contributed by atoms with Crippen molar-refractivity contribution in [1.82, 2.24) is 10.6 Å². The molecule has 0 aromatic heterocycles. The van der Waals surface area contributed by atoms with Crippen LogP contribution in [0.5, 0.6) is 0 Å². The summed E-state index contributed by atoms with van der Waals surface area (Å²) in [6, 6.07) is 0.0864. The molecule has 0 bridgehead atoms. The summed E-state index contributed by atoms with van der Waals surface area (Å²) in [5.41, 5.74) is 0. The number of aliphatic hydroxyl groups excluding tert-OH is 1. The molecule has 1 amide bonds. The fourth-order valence-electron chi connectivity index (χ4n) is 1.88. The van der Waals surface area contributed by atoms with Crippen LogP contribution in [0.3, 0.4) is 0 Å². The molecule has 3 N–H and O–H groups in total. The molecular weight excluding hydrogens is 208 g/mol. The molecule has 3 unspecified atom stereocenters. The topological polar surface area (TPSA) is 70.6 Å². The van der Waals surface area contributed by atoms with Crippen LogP contribution in [0.2, 0.25) is 0 Å². The lowest BCUT2D eigenvalue weighted by molar-refractivity contribution is -0.125. The third-order valence-corrected chi connectivity index (χ3v) is 2.92. The highest BCUT2D eigenvalue weighted by molar-refractivity contribution is 5.79. The summed E-state index contributed by atoms with van der Waals surface area (Å²) >= 11 is 0. The highest BCUT2D eigenvalue weighted by atomic mass is 16.5. The number of aliphatic hydroxyl groups is 1. The summed E-state index contributed by atoms with van der Waals surface area (Å²) < 4.78 is 5.25. The van der Waals surface area contributed by atoms with Gasteiger partial charge in [-0.2, -0.15) is 0 Å². The van der Waals surface area contributed by atoms with Crippen LogP contribution in [0.4, 0.5) is 0 Å². The molecule has 5 heteroatoms. The van der Waals surface area contributed by atoms with E-state index in [2.05, 4.69) is 10.6 Å². The Morgan fingerprint density at radius 1 is 1.56 bits per heavy atom. The van der Waals surface area contributed by atoms with Gasteiger partial charge in [0.15, 0.2) is 0 Å². The maximum Gasteiger partial charge on any atom is 0.227 e. The van der Waals surface area contributed by atoms with Crippen molar-refractivity contribution in [3.8, 4) is 0 Å². The van der Waals surface area contributed by atoms with Gasteiger partial charge in [-0.3, -0.25) is 4.79 Å². The zero-order valence-electron chi connectivity index (χ0n) is 10.0. The molecule has 5 nitrogen and oxygen atoms in total. The van der Waals surface area contributed by atoms with Crippen molar-refractivity contribution in [1.29, 1.82) is 0 Å². The molecule has 0 spiro atoms. The quantitative estimate of drug-likeness (QED) is 0.575. The summed E-state index contributed by atoms with van der Waals surface area (Å²) in [6.45, 7) is 3.37. The van der Waals surface area contributed by atoms with Crippen LogP contribution in [0, 0.1) is 5.92 Å².